The number of alkyl halides is 6. The van der Waals surface area contributed by atoms with Gasteiger partial charge < -0.3 is 19.6 Å². The van der Waals surface area contributed by atoms with Crippen molar-refractivity contribution in [1.82, 2.24) is 20.0 Å². The number of carbonyl (C=O) groups is 2. The quantitative estimate of drug-likeness (QED) is 0.539. The van der Waals surface area contributed by atoms with Crippen molar-refractivity contribution in [3.8, 4) is 0 Å². The van der Waals surface area contributed by atoms with E-state index in [4.69, 9.17) is 24.3 Å². The molecule has 1 spiro atoms. The van der Waals surface area contributed by atoms with Gasteiger partial charge in [-0.15, -0.1) is 0 Å². The molecule has 0 amide bonds. The molecule has 16 heteroatoms. The minimum Gasteiger partial charge on any atom is -0.475 e. The van der Waals surface area contributed by atoms with E-state index >= 15 is 0 Å². The van der Waals surface area contributed by atoms with Crippen LogP contribution in [0.25, 0.3) is 0 Å². The van der Waals surface area contributed by atoms with Crippen LogP contribution in [-0.4, -0.2) is 80.7 Å². The highest BCUT2D eigenvalue weighted by Gasteiger charge is 2.42. The molecule has 2 aromatic heterocycles. The highest BCUT2D eigenvalue weighted by Crippen LogP contribution is 2.40. The molecule has 0 bridgehead atoms. The molecule has 2 aliphatic rings. The second kappa shape index (κ2) is 12.4. The summed E-state index contributed by atoms with van der Waals surface area (Å²) in [5.74, 6) is -3.68. The van der Waals surface area contributed by atoms with Crippen molar-refractivity contribution in [3.63, 3.8) is 0 Å². The molecule has 212 valence electrons. The third-order valence-electron chi connectivity index (χ3n) is 6.06. The summed E-state index contributed by atoms with van der Waals surface area (Å²) in [6, 6.07) is 1.88. The Bertz CT molecular complexity index is 1040. The summed E-state index contributed by atoms with van der Waals surface area (Å²) >= 11 is 0. The van der Waals surface area contributed by atoms with Crippen LogP contribution in [0.5, 0.6) is 0 Å². The van der Waals surface area contributed by atoms with Gasteiger partial charge in [-0.1, -0.05) is 5.16 Å². The van der Waals surface area contributed by atoms with Gasteiger partial charge in [0.15, 0.2) is 0 Å². The lowest BCUT2D eigenvalue weighted by molar-refractivity contribution is -0.193. The maximum atomic E-state index is 10.6. The minimum atomic E-state index is -5.08. The first-order valence-electron chi connectivity index (χ1n) is 11.3. The summed E-state index contributed by atoms with van der Waals surface area (Å²) in [7, 11) is 0. The topological polar surface area (TPSA) is 133 Å². The fraction of sp³-hybridized carbons (Fsp3) is 0.591. The van der Waals surface area contributed by atoms with Gasteiger partial charge in [0.05, 0.1) is 5.69 Å². The predicted molar refractivity (Wildman–Crippen MR) is 119 cm³/mol. The second-order valence-corrected chi connectivity index (χ2v) is 8.94. The summed E-state index contributed by atoms with van der Waals surface area (Å²) in [4.78, 5) is 31.6. The van der Waals surface area contributed by atoms with Crippen LogP contribution in [0.1, 0.15) is 36.3 Å². The van der Waals surface area contributed by atoms with Crippen molar-refractivity contribution < 1.29 is 50.7 Å². The number of carboxylic acids is 2. The van der Waals surface area contributed by atoms with E-state index in [2.05, 4.69) is 24.9 Å². The zero-order valence-corrected chi connectivity index (χ0v) is 20.5. The fourth-order valence-electron chi connectivity index (χ4n) is 4.28. The third-order valence-corrected chi connectivity index (χ3v) is 6.06. The lowest BCUT2D eigenvalue weighted by atomic mass is 9.79. The normalized spacial score (nSPS) is 19.8. The van der Waals surface area contributed by atoms with E-state index in [0.717, 1.165) is 50.1 Å². The summed E-state index contributed by atoms with van der Waals surface area (Å²) in [5.41, 5.74) is 2.65. The van der Waals surface area contributed by atoms with Crippen LogP contribution in [0, 0.1) is 19.3 Å². The molecule has 2 fully saturated rings. The molecule has 2 N–H and O–H groups in total. The van der Waals surface area contributed by atoms with E-state index < -0.39 is 24.3 Å². The molecular formula is C22H27F6N5O5. The van der Waals surface area contributed by atoms with Gasteiger partial charge in [0, 0.05) is 49.6 Å². The summed E-state index contributed by atoms with van der Waals surface area (Å²) < 4.78 is 68.8. The minimum absolute atomic E-state index is 0.371. The largest absolute Gasteiger partial charge is 0.490 e. The Morgan fingerprint density at radius 1 is 0.974 bits per heavy atom. The Balaban J connectivity index is 0.000000301. The average molecular weight is 555 g/mol. The Kier molecular flexibility index (Phi) is 10.1. The molecule has 0 radical (unpaired) electrons. The van der Waals surface area contributed by atoms with Crippen LogP contribution in [0.4, 0.5) is 32.3 Å². The van der Waals surface area contributed by atoms with Gasteiger partial charge in [-0.05, 0) is 45.7 Å². The molecule has 1 unspecified atom stereocenters. The molecular weight excluding hydrogens is 528 g/mol. The van der Waals surface area contributed by atoms with Gasteiger partial charge >= 0.3 is 24.3 Å². The first-order chi connectivity index (χ1) is 17.5. The number of likely N-dealkylation sites (tertiary alicyclic amines) is 1. The molecule has 2 aliphatic heterocycles. The van der Waals surface area contributed by atoms with Gasteiger partial charge in [0.25, 0.3) is 0 Å². The highest BCUT2D eigenvalue weighted by atomic mass is 19.4. The Hall–Kier alpha value is -3.43. The van der Waals surface area contributed by atoms with E-state index in [1.165, 1.54) is 24.8 Å². The number of hydrogen-bond donors (Lipinski definition) is 2. The molecule has 1 atom stereocenters. The molecule has 4 heterocycles. The highest BCUT2D eigenvalue weighted by molar-refractivity contribution is 5.73. The lowest BCUT2D eigenvalue weighted by Gasteiger charge is -2.40. The molecule has 2 aromatic rings. The number of aromatic nitrogens is 3. The van der Waals surface area contributed by atoms with Crippen molar-refractivity contribution in [1.29, 1.82) is 0 Å². The van der Waals surface area contributed by atoms with E-state index in [1.54, 1.807) is 0 Å². The van der Waals surface area contributed by atoms with Gasteiger partial charge in [0.2, 0.25) is 5.95 Å². The number of nitrogens with zero attached hydrogens (tertiary/aromatic N) is 5. The van der Waals surface area contributed by atoms with Gasteiger partial charge in [-0.3, -0.25) is 4.90 Å². The van der Waals surface area contributed by atoms with Crippen molar-refractivity contribution in [2.45, 2.75) is 52.0 Å². The Morgan fingerprint density at radius 3 is 2.00 bits per heavy atom. The van der Waals surface area contributed by atoms with Crippen LogP contribution < -0.4 is 4.90 Å². The molecule has 0 aromatic carbocycles. The first kappa shape index (κ1) is 30.8. The number of hydrogen-bond acceptors (Lipinski definition) is 8. The number of rotatable bonds is 3. The fourth-order valence-corrected chi connectivity index (χ4v) is 4.28. The van der Waals surface area contributed by atoms with Crippen molar-refractivity contribution in [3.05, 3.63) is 35.5 Å². The second-order valence-electron chi connectivity index (χ2n) is 8.94. The smallest absolute Gasteiger partial charge is 0.475 e. The van der Waals surface area contributed by atoms with E-state index in [-0.39, 0.29) is 0 Å². The number of halogens is 6. The summed E-state index contributed by atoms with van der Waals surface area (Å²) in [5, 5.41) is 18.3. The van der Waals surface area contributed by atoms with E-state index in [9.17, 15) is 26.3 Å². The van der Waals surface area contributed by atoms with Gasteiger partial charge in [-0.25, -0.2) is 19.6 Å². The van der Waals surface area contributed by atoms with Gasteiger partial charge in [0.1, 0.15) is 5.76 Å². The monoisotopic (exact) mass is 555 g/mol. The molecule has 4 rings (SSSR count). The number of carboxylic acid groups (broad SMARTS) is 2. The third kappa shape index (κ3) is 8.85. The van der Waals surface area contributed by atoms with Crippen molar-refractivity contribution in [2.75, 3.05) is 31.1 Å². The van der Waals surface area contributed by atoms with Gasteiger partial charge in [-0.2, -0.15) is 26.3 Å². The van der Waals surface area contributed by atoms with Crippen LogP contribution >= 0.6 is 0 Å². The number of aliphatic carboxylic acids is 2. The first-order valence-corrected chi connectivity index (χ1v) is 11.3. The lowest BCUT2D eigenvalue weighted by Crippen LogP contribution is -2.45. The Morgan fingerprint density at radius 2 is 1.53 bits per heavy atom. The predicted octanol–water partition coefficient (Wildman–Crippen LogP) is 3.84. The maximum Gasteiger partial charge on any atom is 0.490 e. The van der Waals surface area contributed by atoms with Crippen LogP contribution in [0.3, 0.4) is 0 Å². The SMILES string of the molecule is Cc1noc(C)c1CN1CCC2(CCCN(c3ncccn3)C2)C1.O=C(O)C(F)(F)F.O=C(O)C(F)(F)F. The van der Waals surface area contributed by atoms with Crippen LogP contribution in [0.2, 0.25) is 0 Å². The molecule has 2 saturated heterocycles. The van der Waals surface area contributed by atoms with Crippen molar-refractivity contribution in [2.24, 2.45) is 5.41 Å². The summed E-state index contributed by atoms with van der Waals surface area (Å²) in [6.07, 6.45) is -2.73. The number of anilines is 1. The zero-order valence-electron chi connectivity index (χ0n) is 20.5. The molecule has 0 saturated carbocycles. The standard InChI is InChI=1S/C18H25N5O.2C2HF3O2/c1-14-16(15(2)24-21-14)11-22-10-6-18(12-22)5-3-9-23(13-18)17-19-7-4-8-20-17;2*3-2(4,5)1(6)7/h4,7-8H,3,5-6,9-13H2,1-2H3;2*(H,6,7). The van der Waals surface area contributed by atoms with E-state index in [0.29, 0.717) is 5.41 Å². The molecule has 38 heavy (non-hydrogen) atoms. The Labute approximate surface area is 213 Å². The van der Waals surface area contributed by atoms with E-state index in [1.807, 2.05) is 32.3 Å². The van der Waals surface area contributed by atoms with Crippen LogP contribution in [-0.2, 0) is 16.1 Å². The zero-order chi connectivity index (χ0) is 28.7. The van der Waals surface area contributed by atoms with Crippen LogP contribution in [0.15, 0.2) is 23.0 Å². The number of aryl methyl sites for hydroxylation is 2. The molecule has 10 nitrogen and oxygen atoms in total. The van der Waals surface area contributed by atoms with Crippen molar-refractivity contribution >= 4 is 17.9 Å². The molecule has 0 aliphatic carbocycles. The maximum absolute atomic E-state index is 10.6. The average Bonchev–Trinajstić information content (AvgIpc) is 3.37. The summed E-state index contributed by atoms with van der Waals surface area (Å²) in [6.45, 7) is 9.41. The number of piperidine rings is 1.